The van der Waals surface area contributed by atoms with Crippen LogP contribution in [0.15, 0.2) is 30.3 Å². The molecule has 3 nitrogen and oxygen atoms in total. The average Bonchev–Trinajstić information content (AvgIpc) is 2.45. The molecule has 0 radical (unpaired) electrons. The molecule has 2 aromatic rings. The monoisotopic (exact) mass is 288 g/mol. The zero-order valence-electron chi connectivity index (χ0n) is 12.8. The molecule has 0 aliphatic rings. The molecule has 0 heterocycles. The van der Waals surface area contributed by atoms with Gasteiger partial charge in [0, 0.05) is 11.1 Å². The van der Waals surface area contributed by atoms with Crippen molar-refractivity contribution in [3.8, 4) is 5.75 Å². The number of hydrogen-bond donors (Lipinski definition) is 2. The summed E-state index contributed by atoms with van der Waals surface area (Å²) in [5.74, 6) is 6.14. The van der Waals surface area contributed by atoms with Crippen LogP contribution < -0.4 is 16.0 Å². The molecule has 0 aliphatic heterocycles. The molecular formula is C17H21FN2O. The minimum Gasteiger partial charge on any atom is -0.496 e. The van der Waals surface area contributed by atoms with E-state index >= 15 is 0 Å². The molecule has 4 heteroatoms. The van der Waals surface area contributed by atoms with Gasteiger partial charge >= 0.3 is 0 Å². The van der Waals surface area contributed by atoms with E-state index in [1.807, 2.05) is 39.0 Å². The number of hydrogen-bond acceptors (Lipinski definition) is 3. The van der Waals surface area contributed by atoms with Crippen LogP contribution in [-0.2, 0) is 0 Å². The predicted octanol–water partition coefficient (Wildman–Crippen LogP) is 3.31. The summed E-state index contributed by atoms with van der Waals surface area (Å²) in [5, 5.41) is 0. The first-order valence-corrected chi connectivity index (χ1v) is 6.85. The lowest BCUT2D eigenvalue weighted by molar-refractivity contribution is 0.399. The lowest BCUT2D eigenvalue weighted by Crippen LogP contribution is -2.30. The number of nitrogens with one attached hydrogen (secondary N) is 1. The number of ether oxygens (including phenoxy) is 1. The maximum absolute atomic E-state index is 14.3. The average molecular weight is 288 g/mol. The zero-order valence-corrected chi connectivity index (χ0v) is 12.8. The largest absolute Gasteiger partial charge is 0.496 e. The molecular weight excluding hydrogens is 267 g/mol. The lowest BCUT2D eigenvalue weighted by Gasteiger charge is -2.22. The zero-order chi connectivity index (χ0) is 15.6. The van der Waals surface area contributed by atoms with Gasteiger partial charge in [-0.05, 0) is 43.5 Å². The van der Waals surface area contributed by atoms with Gasteiger partial charge in [-0.3, -0.25) is 5.84 Å². The van der Waals surface area contributed by atoms with E-state index in [4.69, 9.17) is 10.6 Å². The number of methoxy groups -OCH3 is 1. The summed E-state index contributed by atoms with van der Waals surface area (Å²) in [5.41, 5.74) is 7.05. The molecule has 112 valence electrons. The van der Waals surface area contributed by atoms with Crippen molar-refractivity contribution in [3.05, 3.63) is 64.0 Å². The summed E-state index contributed by atoms with van der Waals surface area (Å²) < 4.78 is 19.8. The number of benzene rings is 2. The minimum atomic E-state index is -0.458. The minimum absolute atomic E-state index is 0.279. The highest BCUT2D eigenvalue weighted by Gasteiger charge is 2.21. The predicted molar refractivity (Wildman–Crippen MR) is 82.8 cm³/mol. The van der Waals surface area contributed by atoms with Crippen molar-refractivity contribution < 1.29 is 9.13 Å². The van der Waals surface area contributed by atoms with Crippen LogP contribution in [0.4, 0.5) is 4.39 Å². The van der Waals surface area contributed by atoms with Gasteiger partial charge in [-0.25, -0.2) is 9.82 Å². The molecule has 0 aromatic heterocycles. The van der Waals surface area contributed by atoms with Crippen LogP contribution in [0.25, 0.3) is 0 Å². The van der Waals surface area contributed by atoms with Gasteiger partial charge in [0.25, 0.3) is 0 Å². The molecule has 0 saturated carbocycles. The molecule has 1 atom stereocenters. The van der Waals surface area contributed by atoms with Crippen molar-refractivity contribution in [2.75, 3.05) is 7.11 Å². The van der Waals surface area contributed by atoms with Crippen molar-refractivity contribution >= 4 is 0 Å². The number of hydrazine groups is 1. The van der Waals surface area contributed by atoms with Gasteiger partial charge in [-0.15, -0.1) is 0 Å². The van der Waals surface area contributed by atoms with E-state index in [1.165, 1.54) is 6.07 Å². The van der Waals surface area contributed by atoms with Crippen LogP contribution in [0.3, 0.4) is 0 Å². The quantitative estimate of drug-likeness (QED) is 0.670. The smallest absolute Gasteiger partial charge is 0.128 e. The Bertz CT molecular complexity index is 655. The maximum atomic E-state index is 14.3. The molecule has 2 aromatic carbocycles. The Morgan fingerprint density at radius 1 is 1.10 bits per heavy atom. The van der Waals surface area contributed by atoms with Gasteiger partial charge in [0.15, 0.2) is 0 Å². The standard InChI is InChI=1S/C17H21FN2O/c1-10-5-7-13(15(18)9-10)16(20-19)14-8-6-11(2)12(3)17(14)21-4/h5-9,16,20H,19H2,1-4H3. The Balaban J connectivity index is 2.59. The van der Waals surface area contributed by atoms with E-state index in [2.05, 4.69) is 5.43 Å². The van der Waals surface area contributed by atoms with Gasteiger partial charge in [0.2, 0.25) is 0 Å². The van der Waals surface area contributed by atoms with Crippen molar-refractivity contribution in [1.29, 1.82) is 0 Å². The normalized spacial score (nSPS) is 12.3. The fourth-order valence-electron chi connectivity index (χ4n) is 2.52. The molecule has 0 amide bonds. The molecule has 0 saturated heterocycles. The fourth-order valence-corrected chi connectivity index (χ4v) is 2.52. The third kappa shape index (κ3) is 2.91. The Morgan fingerprint density at radius 2 is 1.76 bits per heavy atom. The first-order chi connectivity index (χ1) is 9.99. The van der Waals surface area contributed by atoms with E-state index in [0.29, 0.717) is 5.56 Å². The highest BCUT2D eigenvalue weighted by atomic mass is 19.1. The molecule has 1 unspecified atom stereocenters. The van der Waals surface area contributed by atoms with E-state index in [1.54, 1.807) is 13.2 Å². The van der Waals surface area contributed by atoms with Gasteiger partial charge in [0.1, 0.15) is 11.6 Å². The van der Waals surface area contributed by atoms with Crippen LogP contribution in [0.1, 0.15) is 33.9 Å². The Morgan fingerprint density at radius 3 is 2.33 bits per heavy atom. The number of aryl methyl sites for hydroxylation is 2. The third-order valence-electron chi connectivity index (χ3n) is 3.86. The van der Waals surface area contributed by atoms with Crippen LogP contribution in [0, 0.1) is 26.6 Å². The van der Waals surface area contributed by atoms with Gasteiger partial charge in [-0.2, -0.15) is 0 Å². The highest BCUT2D eigenvalue weighted by Crippen LogP contribution is 2.34. The lowest BCUT2D eigenvalue weighted by atomic mass is 9.94. The highest BCUT2D eigenvalue weighted by molar-refractivity contribution is 5.49. The third-order valence-corrected chi connectivity index (χ3v) is 3.86. The van der Waals surface area contributed by atoms with Gasteiger partial charge < -0.3 is 4.74 Å². The van der Waals surface area contributed by atoms with E-state index in [-0.39, 0.29) is 5.82 Å². The Kier molecular flexibility index (Phi) is 4.60. The molecule has 21 heavy (non-hydrogen) atoms. The first-order valence-electron chi connectivity index (χ1n) is 6.85. The Labute approximate surface area is 124 Å². The molecule has 0 aliphatic carbocycles. The summed E-state index contributed by atoms with van der Waals surface area (Å²) in [6.07, 6.45) is 0. The van der Waals surface area contributed by atoms with E-state index < -0.39 is 6.04 Å². The van der Waals surface area contributed by atoms with Gasteiger partial charge in [0.05, 0.1) is 13.2 Å². The number of nitrogens with two attached hydrogens (primary N) is 1. The molecule has 0 fully saturated rings. The second-order valence-electron chi connectivity index (χ2n) is 5.25. The SMILES string of the molecule is COc1c(C(NN)c2ccc(C)cc2F)ccc(C)c1C. The van der Waals surface area contributed by atoms with Crippen LogP contribution in [-0.4, -0.2) is 7.11 Å². The van der Waals surface area contributed by atoms with Crippen molar-refractivity contribution in [1.82, 2.24) is 5.43 Å². The first kappa shape index (κ1) is 15.5. The summed E-state index contributed by atoms with van der Waals surface area (Å²) in [6.45, 7) is 5.85. The maximum Gasteiger partial charge on any atom is 0.128 e. The van der Waals surface area contributed by atoms with Crippen LogP contribution in [0.5, 0.6) is 5.75 Å². The van der Waals surface area contributed by atoms with Crippen molar-refractivity contribution in [2.45, 2.75) is 26.8 Å². The second kappa shape index (κ2) is 6.24. The topological polar surface area (TPSA) is 47.3 Å². The van der Waals surface area contributed by atoms with E-state index in [0.717, 1.165) is 28.0 Å². The summed E-state index contributed by atoms with van der Waals surface area (Å²) in [6, 6.07) is 8.59. The van der Waals surface area contributed by atoms with Crippen molar-refractivity contribution in [2.24, 2.45) is 5.84 Å². The molecule has 3 N–H and O–H groups in total. The van der Waals surface area contributed by atoms with Crippen molar-refractivity contribution in [3.63, 3.8) is 0 Å². The van der Waals surface area contributed by atoms with E-state index in [9.17, 15) is 4.39 Å². The summed E-state index contributed by atoms with van der Waals surface area (Å²) >= 11 is 0. The summed E-state index contributed by atoms with van der Waals surface area (Å²) in [7, 11) is 1.62. The molecule has 0 bridgehead atoms. The van der Waals surface area contributed by atoms with Gasteiger partial charge in [-0.1, -0.05) is 24.3 Å². The van der Waals surface area contributed by atoms with Crippen LogP contribution in [0.2, 0.25) is 0 Å². The second-order valence-corrected chi connectivity index (χ2v) is 5.25. The molecule has 2 rings (SSSR count). The van der Waals surface area contributed by atoms with Crippen LogP contribution >= 0.6 is 0 Å². The fraction of sp³-hybridized carbons (Fsp3) is 0.294. The number of halogens is 1. The number of rotatable bonds is 4. The Hall–Kier alpha value is -1.91. The molecule has 0 spiro atoms. The summed E-state index contributed by atoms with van der Waals surface area (Å²) in [4.78, 5) is 0.